The Kier molecular flexibility index (Phi) is 1.82. The van der Waals surface area contributed by atoms with Gasteiger partial charge in [-0.1, -0.05) is 19.6 Å². The predicted octanol–water partition coefficient (Wildman–Crippen LogP) is 1.41. The summed E-state index contributed by atoms with van der Waals surface area (Å²) in [7, 11) is -1.39. The second kappa shape index (κ2) is 2.69. The van der Waals surface area contributed by atoms with Crippen LogP contribution in [0.3, 0.4) is 0 Å². The van der Waals surface area contributed by atoms with E-state index in [2.05, 4.69) is 29.7 Å². The number of nitrogen functional groups attached to an aromatic ring is 1. The number of aromatic nitrogens is 2. The normalized spacial score (nSPS) is 15.6. The van der Waals surface area contributed by atoms with Crippen molar-refractivity contribution in [2.45, 2.75) is 33.1 Å². The summed E-state index contributed by atoms with van der Waals surface area (Å²) in [4.78, 5) is 4.54. The van der Waals surface area contributed by atoms with Crippen molar-refractivity contribution in [2.75, 3.05) is 5.73 Å². The van der Waals surface area contributed by atoms with Crippen molar-refractivity contribution in [3.8, 4) is 0 Å². The van der Waals surface area contributed by atoms with Gasteiger partial charge in [0.15, 0.2) is 0 Å². The number of fused-ring (bicyclic) bond motifs is 1. The summed E-state index contributed by atoms with van der Waals surface area (Å²) in [5.74, 6) is 0. The number of aryl methyl sites for hydroxylation is 1. The summed E-state index contributed by atoms with van der Waals surface area (Å²) in [5.41, 5.74) is 9.86. The van der Waals surface area contributed by atoms with E-state index in [0.29, 0.717) is 6.54 Å². The van der Waals surface area contributed by atoms with Gasteiger partial charge >= 0.3 is 0 Å². The SMILES string of the molecule is Cc1nn2c(c1N)CN=C2[Si](C)(C)C. The minimum atomic E-state index is -1.39. The molecule has 2 N–H and O–H groups in total. The first kappa shape index (κ1) is 9.45. The minimum absolute atomic E-state index is 0.701. The average molecular weight is 208 g/mol. The summed E-state index contributed by atoms with van der Waals surface area (Å²) in [6, 6.07) is 0. The third-order valence-corrected chi connectivity index (χ3v) is 4.17. The molecule has 1 aromatic heterocycles. The topological polar surface area (TPSA) is 56.2 Å². The van der Waals surface area contributed by atoms with Gasteiger partial charge in [-0.3, -0.25) is 4.99 Å². The molecule has 4 nitrogen and oxygen atoms in total. The first-order valence-electron chi connectivity index (χ1n) is 4.80. The fourth-order valence-electron chi connectivity index (χ4n) is 1.69. The van der Waals surface area contributed by atoms with Crippen molar-refractivity contribution in [3.05, 3.63) is 11.4 Å². The molecule has 0 aromatic carbocycles. The molecule has 0 fully saturated rings. The van der Waals surface area contributed by atoms with Crippen LogP contribution in [-0.4, -0.2) is 23.3 Å². The van der Waals surface area contributed by atoms with E-state index < -0.39 is 8.07 Å². The maximum Gasteiger partial charge on any atom is 0.125 e. The van der Waals surface area contributed by atoms with Gasteiger partial charge in [-0.15, -0.1) is 0 Å². The Bertz CT molecular complexity index is 411. The number of hydrogen-bond donors (Lipinski definition) is 1. The zero-order valence-corrected chi connectivity index (χ0v) is 10.1. The van der Waals surface area contributed by atoms with Gasteiger partial charge in [0.25, 0.3) is 0 Å². The second-order valence-corrected chi connectivity index (χ2v) is 9.69. The van der Waals surface area contributed by atoms with Crippen LogP contribution in [0.4, 0.5) is 5.69 Å². The lowest BCUT2D eigenvalue weighted by molar-refractivity contribution is 0.899. The lowest BCUT2D eigenvalue weighted by atomic mass is 10.3. The van der Waals surface area contributed by atoms with Crippen LogP contribution in [0.15, 0.2) is 4.99 Å². The number of nitrogens with two attached hydrogens (primary N) is 1. The third-order valence-electron chi connectivity index (χ3n) is 2.46. The molecule has 1 aliphatic rings. The summed E-state index contributed by atoms with van der Waals surface area (Å²) < 4.78 is 1.96. The standard InChI is InChI=1S/C9H16N4Si/c1-6-8(10)7-5-11-9(13(7)12-6)14(2,3)4/h5,10H2,1-4H3. The van der Waals surface area contributed by atoms with Gasteiger partial charge in [0, 0.05) is 0 Å². The van der Waals surface area contributed by atoms with E-state index in [9.17, 15) is 0 Å². The fraction of sp³-hybridized carbons (Fsp3) is 0.556. The van der Waals surface area contributed by atoms with Gasteiger partial charge in [-0.25, -0.2) is 4.68 Å². The number of rotatable bonds is 1. The van der Waals surface area contributed by atoms with Gasteiger partial charge in [-0.2, -0.15) is 5.10 Å². The van der Waals surface area contributed by atoms with Gasteiger partial charge in [0.2, 0.25) is 0 Å². The molecule has 0 amide bonds. The zero-order valence-electron chi connectivity index (χ0n) is 9.13. The largest absolute Gasteiger partial charge is 0.396 e. The van der Waals surface area contributed by atoms with Gasteiger partial charge in [0.05, 0.1) is 23.6 Å². The molecule has 0 saturated heterocycles. The predicted molar refractivity (Wildman–Crippen MR) is 61.3 cm³/mol. The van der Waals surface area contributed by atoms with Crippen LogP contribution in [0.25, 0.3) is 0 Å². The Labute approximate surface area is 84.8 Å². The Morgan fingerprint density at radius 1 is 1.36 bits per heavy atom. The molecule has 1 aromatic rings. The van der Waals surface area contributed by atoms with E-state index in [-0.39, 0.29) is 0 Å². The molecule has 76 valence electrons. The molecular formula is C9H16N4Si. The monoisotopic (exact) mass is 208 g/mol. The van der Waals surface area contributed by atoms with Gasteiger partial charge in [-0.05, 0) is 6.92 Å². The number of nitrogens with zero attached hydrogens (tertiary/aromatic N) is 3. The lowest BCUT2D eigenvalue weighted by Gasteiger charge is -2.16. The molecule has 0 bridgehead atoms. The van der Waals surface area contributed by atoms with Crippen molar-refractivity contribution in [3.63, 3.8) is 0 Å². The highest BCUT2D eigenvalue weighted by molar-refractivity contribution is 7.04. The Hall–Kier alpha value is -1.10. The molecule has 14 heavy (non-hydrogen) atoms. The van der Waals surface area contributed by atoms with Crippen molar-refractivity contribution in [2.24, 2.45) is 4.99 Å². The molecular weight excluding hydrogens is 192 g/mol. The van der Waals surface area contributed by atoms with Crippen LogP contribution in [0.5, 0.6) is 0 Å². The van der Waals surface area contributed by atoms with E-state index in [1.54, 1.807) is 0 Å². The van der Waals surface area contributed by atoms with E-state index in [0.717, 1.165) is 22.5 Å². The first-order valence-corrected chi connectivity index (χ1v) is 8.30. The lowest BCUT2D eigenvalue weighted by Crippen LogP contribution is -2.38. The first-order chi connectivity index (χ1) is 6.41. The third kappa shape index (κ3) is 1.19. The van der Waals surface area contributed by atoms with Gasteiger partial charge < -0.3 is 5.73 Å². The number of hydrogen-bond acceptors (Lipinski definition) is 3. The highest BCUT2D eigenvalue weighted by Gasteiger charge is 2.30. The zero-order chi connectivity index (χ0) is 10.5. The summed E-state index contributed by atoms with van der Waals surface area (Å²) in [6.07, 6.45) is 0. The Morgan fingerprint density at radius 2 is 2.00 bits per heavy atom. The van der Waals surface area contributed by atoms with E-state index >= 15 is 0 Å². The highest BCUT2D eigenvalue weighted by Crippen LogP contribution is 2.24. The molecule has 5 heteroatoms. The van der Waals surface area contributed by atoms with Crippen molar-refractivity contribution in [1.29, 1.82) is 0 Å². The molecule has 0 spiro atoms. The molecule has 0 radical (unpaired) electrons. The fourth-order valence-corrected chi connectivity index (χ4v) is 3.06. The summed E-state index contributed by atoms with van der Waals surface area (Å²) in [5, 5.41) is 4.43. The van der Waals surface area contributed by atoms with Crippen molar-refractivity contribution < 1.29 is 0 Å². The van der Waals surface area contributed by atoms with Crippen molar-refractivity contribution >= 4 is 19.2 Å². The summed E-state index contributed by atoms with van der Waals surface area (Å²) >= 11 is 0. The van der Waals surface area contributed by atoms with Gasteiger partial charge in [0.1, 0.15) is 13.5 Å². The highest BCUT2D eigenvalue weighted by atomic mass is 28.3. The van der Waals surface area contributed by atoms with Crippen LogP contribution >= 0.6 is 0 Å². The molecule has 0 saturated carbocycles. The molecule has 2 heterocycles. The maximum atomic E-state index is 5.92. The minimum Gasteiger partial charge on any atom is -0.396 e. The van der Waals surface area contributed by atoms with Crippen LogP contribution in [0, 0.1) is 6.92 Å². The molecule has 0 atom stereocenters. The van der Waals surface area contributed by atoms with Crippen LogP contribution < -0.4 is 5.73 Å². The Morgan fingerprint density at radius 3 is 2.57 bits per heavy atom. The number of anilines is 1. The quantitative estimate of drug-likeness (QED) is 0.709. The van der Waals surface area contributed by atoms with Crippen LogP contribution in [0.1, 0.15) is 11.4 Å². The van der Waals surface area contributed by atoms with Crippen molar-refractivity contribution in [1.82, 2.24) is 9.78 Å². The van der Waals surface area contributed by atoms with Crippen LogP contribution in [-0.2, 0) is 6.54 Å². The molecule has 0 unspecified atom stereocenters. The maximum absolute atomic E-state index is 5.92. The second-order valence-electron chi connectivity index (χ2n) is 4.75. The molecule has 1 aliphatic heterocycles. The molecule has 2 rings (SSSR count). The van der Waals surface area contributed by atoms with E-state index in [1.807, 2.05) is 11.6 Å². The van der Waals surface area contributed by atoms with E-state index in [4.69, 9.17) is 5.73 Å². The smallest absolute Gasteiger partial charge is 0.125 e. The summed E-state index contributed by atoms with van der Waals surface area (Å²) in [6.45, 7) is 9.46. The molecule has 0 aliphatic carbocycles. The Balaban J connectivity index is 2.52. The number of aliphatic imine (C=N–C) groups is 1. The average Bonchev–Trinajstić information content (AvgIpc) is 2.54. The van der Waals surface area contributed by atoms with Crippen LogP contribution in [0.2, 0.25) is 19.6 Å². The van der Waals surface area contributed by atoms with E-state index in [1.165, 1.54) is 0 Å².